The summed E-state index contributed by atoms with van der Waals surface area (Å²) in [6.45, 7) is 9.16. The summed E-state index contributed by atoms with van der Waals surface area (Å²) in [6.07, 6.45) is 4.12. The van der Waals surface area contributed by atoms with E-state index in [2.05, 4.69) is 24.7 Å². The number of hydrogen-bond donors (Lipinski definition) is 2. The molecule has 8 nitrogen and oxygen atoms in total. The van der Waals surface area contributed by atoms with Crippen molar-refractivity contribution in [1.29, 1.82) is 0 Å². The molecular weight excluding hydrogens is 614 g/mol. The molecular formula is C20H40I2N4O4. The third-order valence-corrected chi connectivity index (χ3v) is 5.90. The third kappa shape index (κ3) is 12.3. The van der Waals surface area contributed by atoms with E-state index >= 15 is 0 Å². The van der Waals surface area contributed by atoms with Crippen LogP contribution in [0, 0.1) is 0 Å². The lowest BCUT2D eigenvalue weighted by atomic mass is 10.2. The van der Waals surface area contributed by atoms with Crippen LogP contribution in [-0.2, 0) is 19.1 Å². The van der Waals surface area contributed by atoms with Gasteiger partial charge in [0.2, 0.25) is 0 Å². The quantitative estimate of drug-likeness (QED) is 0.132. The van der Waals surface area contributed by atoms with Crippen LogP contribution in [-0.4, -0.2) is 114 Å². The predicted molar refractivity (Wildman–Crippen MR) is 108 cm³/mol. The Morgan fingerprint density at radius 2 is 1.00 bits per heavy atom. The van der Waals surface area contributed by atoms with Crippen LogP contribution in [0.25, 0.3) is 0 Å². The van der Waals surface area contributed by atoms with Crippen molar-refractivity contribution in [3.8, 4) is 0 Å². The number of unbranched alkanes of at least 4 members (excludes halogenated alkanes) is 3. The monoisotopic (exact) mass is 654 g/mol. The molecule has 0 spiro atoms. The molecule has 2 saturated heterocycles. The number of carbonyl (C=O) groups is 2. The van der Waals surface area contributed by atoms with E-state index in [4.69, 9.17) is 9.47 Å². The van der Waals surface area contributed by atoms with E-state index in [-0.39, 0.29) is 59.8 Å². The molecule has 0 radical (unpaired) electrons. The summed E-state index contributed by atoms with van der Waals surface area (Å²) in [4.78, 5) is 24.2. The average Bonchev–Trinajstić information content (AvgIpc) is 2.64. The largest absolute Gasteiger partial charge is 1.00 e. The summed E-state index contributed by atoms with van der Waals surface area (Å²) in [5.41, 5.74) is 0. The van der Waals surface area contributed by atoms with Crippen LogP contribution in [0.1, 0.15) is 25.7 Å². The van der Waals surface area contributed by atoms with Gasteiger partial charge in [-0.2, -0.15) is 0 Å². The molecule has 0 saturated carbocycles. The highest BCUT2D eigenvalue weighted by atomic mass is 127. The minimum atomic E-state index is 0. The molecule has 2 heterocycles. The Bertz CT molecular complexity index is 455. The van der Waals surface area contributed by atoms with Crippen LogP contribution in [0.2, 0.25) is 0 Å². The summed E-state index contributed by atoms with van der Waals surface area (Å²) in [7, 11) is 4.25. The molecule has 0 aromatic heterocycles. The topological polar surface area (TPSA) is 76.7 Å². The highest BCUT2D eigenvalue weighted by Crippen LogP contribution is 2.08. The lowest BCUT2D eigenvalue weighted by Crippen LogP contribution is -3.00. The molecule has 2 rings (SSSR count). The van der Waals surface area contributed by atoms with Crippen molar-refractivity contribution in [2.24, 2.45) is 0 Å². The number of hydrogen-bond acceptors (Lipinski definition) is 4. The number of halogens is 2. The van der Waals surface area contributed by atoms with E-state index in [0.717, 1.165) is 100 Å². The molecule has 30 heavy (non-hydrogen) atoms. The molecule has 2 aliphatic rings. The fourth-order valence-electron chi connectivity index (χ4n) is 3.75. The molecule has 0 unspecified atom stereocenters. The van der Waals surface area contributed by atoms with Gasteiger partial charge in [-0.15, -0.1) is 0 Å². The van der Waals surface area contributed by atoms with Crippen molar-refractivity contribution in [2.45, 2.75) is 25.7 Å². The van der Waals surface area contributed by atoms with Gasteiger partial charge < -0.3 is 77.0 Å². The number of rotatable bonds is 11. The lowest BCUT2D eigenvalue weighted by Gasteiger charge is -2.36. The van der Waals surface area contributed by atoms with E-state index in [1.54, 1.807) is 0 Å². The number of carbonyl (C=O) groups excluding carboxylic acids is 2. The standard InChI is InChI=1S/C20H38N4O4.2HI/c1-23(9-13-27-14-10-23)17-19(25)21-7-5-3-4-6-8-22-20(26)18-24(2)11-15-28-16-12-24;;/h3-18H2,1-2H3;2*1H. The SMILES string of the molecule is C[N+]1(CC(=O)NCCCCCCNC(=O)C[N+]2(C)CCOCC2)CCOCC1.[I-].[I-]. The Labute approximate surface area is 216 Å². The first-order valence-electron chi connectivity index (χ1n) is 10.8. The Morgan fingerprint density at radius 1 is 0.667 bits per heavy atom. The van der Waals surface area contributed by atoms with Gasteiger partial charge in [0.25, 0.3) is 11.8 Å². The van der Waals surface area contributed by atoms with Gasteiger partial charge in [-0.25, -0.2) is 0 Å². The van der Waals surface area contributed by atoms with Gasteiger partial charge in [0.15, 0.2) is 13.1 Å². The van der Waals surface area contributed by atoms with Gasteiger partial charge in [-0.1, -0.05) is 12.8 Å². The van der Waals surface area contributed by atoms with Crippen LogP contribution in [0.15, 0.2) is 0 Å². The van der Waals surface area contributed by atoms with E-state index < -0.39 is 0 Å². The predicted octanol–water partition coefficient (Wildman–Crippen LogP) is -6.26. The Hall–Kier alpha value is 0.240. The fraction of sp³-hybridized carbons (Fsp3) is 0.900. The van der Waals surface area contributed by atoms with E-state index in [1.165, 1.54) is 0 Å². The zero-order chi connectivity index (χ0) is 20.3. The van der Waals surface area contributed by atoms with Gasteiger partial charge in [-0.3, -0.25) is 9.59 Å². The molecule has 0 aromatic rings. The van der Waals surface area contributed by atoms with Crippen LogP contribution < -0.4 is 58.6 Å². The highest BCUT2D eigenvalue weighted by Gasteiger charge is 2.28. The Balaban J connectivity index is 0.00000420. The van der Waals surface area contributed by atoms with E-state index in [9.17, 15) is 9.59 Å². The second kappa shape index (κ2) is 15.9. The summed E-state index contributed by atoms with van der Waals surface area (Å²) in [5.74, 6) is 0.271. The van der Waals surface area contributed by atoms with Crippen molar-refractivity contribution < 1.29 is 76.0 Å². The van der Waals surface area contributed by atoms with Crippen LogP contribution in [0.5, 0.6) is 0 Å². The van der Waals surface area contributed by atoms with Crippen molar-refractivity contribution in [3.63, 3.8) is 0 Å². The summed E-state index contributed by atoms with van der Waals surface area (Å²) in [6, 6.07) is 0. The first-order valence-corrected chi connectivity index (χ1v) is 10.8. The van der Waals surface area contributed by atoms with Crippen molar-refractivity contribution in [1.82, 2.24) is 10.6 Å². The normalized spacial score (nSPS) is 19.7. The number of nitrogens with zero attached hydrogens (tertiary/aromatic N) is 2. The van der Waals surface area contributed by atoms with Crippen LogP contribution in [0.4, 0.5) is 0 Å². The average molecular weight is 654 g/mol. The number of likely N-dealkylation sites (N-methyl/N-ethyl adjacent to an activating group) is 2. The molecule has 2 aliphatic heterocycles. The maximum atomic E-state index is 12.1. The van der Waals surface area contributed by atoms with Crippen LogP contribution in [0.3, 0.4) is 0 Å². The van der Waals surface area contributed by atoms with Crippen LogP contribution >= 0.6 is 0 Å². The molecule has 0 atom stereocenters. The number of quaternary nitrogens is 2. The molecule has 2 amide bonds. The molecule has 2 fully saturated rings. The Morgan fingerprint density at radius 3 is 1.33 bits per heavy atom. The van der Waals surface area contributed by atoms with Gasteiger partial charge in [0, 0.05) is 13.1 Å². The summed E-state index contributed by atoms with van der Waals surface area (Å²) >= 11 is 0. The number of morpholine rings is 2. The second-order valence-corrected chi connectivity index (χ2v) is 8.79. The summed E-state index contributed by atoms with van der Waals surface area (Å²) < 4.78 is 12.3. The van der Waals surface area contributed by atoms with E-state index in [0.29, 0.717) is 13.1 Å². The first-order chi connectivity index (χ1) is 13.4. The van der Waals surface area contributed by atoms with Crippen molar-refractivity contribution >= 4 is 11.8 Å². The first kappa shape index (κ1) is 30.2. The molecule has 178 valence electrons. The molecule has 2 N–H and O–H groups in total. The molecule has 0 aliphatic carbocycles. The molecule has 0 aromatic carbocycles. The van der Waals surface area contributed by atoms with Crippen molar-refractivity contribution in [2.75, 3.05) is 92.9 Å². The highest BCUT2D eigenvalue weighted by molar-refractivity contribution is 5.77. The number of amides is 2. The van der Waals surface area contributed by atoms with Gasteiger partial charge >= 0.3 is 0 Å². The zero-order valence-electron chi connectivity index (χ0n) is 18.6. The third-order valence-electron chi connectivity index (χ3n) is 5.90. The molecule has 10 heteroatoms. The second-order valence-electron chi connectivity index (χ2n) is 8.79. The minimum absolute atomic E-state index is 0. The fourth-order valence-corrected chi connectivity index (χ4v) is 3.75. The van der Waals surface area contributed by atoms with Crippen molar-refractivity contribution in [3.05, 3.63) is 0 Å². The maximum absolute atomic E-state index is 12.1. The Kier molecular flexibility index (Phi) is 16.1. The van der Waals surface area contributed by atoms with Gasteiger partial charge in [0.1, 0.15) is 26.2 Å². The van der Waals surface area contributed by atoms with E-state index in [1.807, 2.05) is 0 Å². The zero-order valence-corrected chi connectivity index (χ0v) is 22.9. The number of ether oxygens (including phenoxy) is 2. The smallest absolute Gasteiger partial charge is 0.275 e. The molecule has 0 bridgehead atoms. The number of nitrogens with one attached hydrogen (secondary N) is 2. The lowest BCUT2D eigenvalue weighted by molar-refractivity contribution is -0.909. The minimum Gasteiger partial charge on any atom is -1.00 e. The summed E-state index contributed by atoms with van der Waals surface area (Å²) in [5, 5.41) is 6.07. The maximum Gasteiger partial charge on any atom is 0.275 e. The van der Waals surface area contributed by atoms with Gasteiger partial charge in [0.05, 0.1) is 40.5 Å². The van der Waals surface area contributed by atoms with Gasteiger partial charge in [-0.05, 0) is 12.8 Å².